The zero-order chi connectivity index (χ0) is 62.8. The van der Waals surface area contributed by atoms with Crippen LogP contribution in [0.25, 0.3) is 0 Å². The Balaban J connectivity index is 4.96. The molecule has 0 fully saturated rings. The molecule has 0 saturated carbocycles. The second-order valence-electron chi connectivity index (χ2n) is 26.8. The number of nitrogens with zero attached hydrogens (tertiary/aromatic N) is 1. The predicted octanol–water partition coefficient (Wildman–Crippen LogP) is 23.3. The number of rotatable bonds is 69. The average molecular weight is 1230 g/mol. The van der Waals surface area contributed by atoms with Crippen LogP contribution in [0.3, 0.4) is 0 Å². The van der Waals surface area contributed by atoms with Crippen molar-refractivity contribution >= 4 is 19.7 Å². The molecule has 10 heteroatoms. The molecule has 0 aromatic rings. The van der Waals surface area contributed by atoms with E-state index in [2.05, 4.69) is 62.5 Å². The van der Waals surface area contributed by atoms with Crippen LogP contribution in [-0.4, -0.2) is 69.4 Å². The zero-order valence-corrected chi connectivity index (χ0v) is 58.9. The van der Waals surface area contributed by atoms with Crippen LogP contribution >= 0.6 is 7.82 Å². The van der Waals surface area contributed by atoms with Crippen LogP contribution in [0.5, 0.6) is 0 Å². The van der Waals surface area contributed by atoms with Crippen molar-refractivity contribution in [2.75, 3.05) is 40.9 Å². The number of hydrogen-bond donors (Lipinski definition) is 1. The van der Waals surface area contributed by atoms with Crippen molar-refractivity contribution in [1.82, 2.24) is 5.32 Å². The van der Waals surface area contributed by atoms with Crippen molar-refractivity contribution in [2.24, 2.45) is 0 Å². The Morgan fingerprint density at radius 2 is 0.709 bits per heavy atom. The van der Waals surface area contributed by atoms with E-state index in [9.17, 15) is 19.0 Å². The predicted molar refractivity (Wildman–Crippen MR) is 372 cm³/mol. The highest BCUT2D eigenvalue weighted by Gasteiger charge is 2.27. The standard InChI is InChI=1S/C76H145N2O7P/c1-7-10-13-16-19-22-25-28-30-32-34-36-37-38-39-40-41-43-44-46-48-50-53-56-59-62-65-68-75(79)77-73(72-84-86(81,82)83-71-70-78(4,5)6)74(67-64-61-58-55-52-27-24-21-18-15-12-9-3)85-76(80)69-66-63-60-57-54-51-49-47-45-42-35-33-31-29-26-23-20-17-14-11-8-2/h19,22,28-31,64,67,73-74H,7-18,20-21,23-27,32-63,65-66,68-72H2,1-6H3,(H-,77,79,81,82)/b22-19-,30-28-,31-29+,67-64-. The smallest absolute Gasteiger partial charge is 0.306 e. The van der Waals surface area contributed by atoms with Gasteiger partial charge >= 0.3 is 5.97 Å². The molecule has 0 aromatic heterocycles. The van der Waals surface area contributed by atoms with E-state index in [0.29, 0.717) is 17.4 Å². The Labute approximate surface area is 535 Å². The molecule has 0 aromatic carbocycles. The fraction of sp³-hybridized carbons (Fsp3) is 0.868. The van der Waals surface area contributed by atoms with E-state index in [0.717, 1.165) is 64.2 Å². The third-order valence-corrected chi connectivity index (χ3v) is 17.9. The van der Waals surface area contributed by atoms with Gasteiger partial charge in [-0.25, -0.2) is 0 Å². The summed E-state index contributed by atoms with van der Waals surface area (Å²) in [5, 5.41) is 3.05. The number of allylic oxidation sites excluding steroid dienone is 7. The van der Waals surface area contributed by atoms with Gasteiger partial charge < -0.3 is 28.5 Å². The summed E-state index contributed by atoms with van der Waals surface area (Å²) in [6, 6.07) is -0.887. The van der Waals surface area contributed by atoms with Crippen LogP contribution < -0.4 is 10.2 Å². The summed E-state index contributed by atoms with van der Waals surface area (Å²) in [6.45, 7) is 6.87. The van der Waals surface area contributed by atoms with Crippen LogP contribution in [0.2, 0.25) is 0 Å². The van der Waals surface area contributed by atoms with Gasteiger partial charge in [-0.2, -0.15) is 0 Å². The molecular formula is C76H145N2O7P. The minimum Gasteiger partial charge on any atom is -0.756 e. The summed E-state index contributed by atoms with van der Waals surface area (Å²) >= 11 is 0. The lowest BCUT2D eigenvalue weighted by atomic mass is 10.0. The highest BCUT2D eigenvalue weighted by molar-refractivity contribution is 7.45. The molecule has 1 N–H and O–H groups in total. The third kappa shape index (κ3) is 66.4. The van der Waals surface area contributed by atoms with Gasteiger partial charge in [-0.05, 0) is 89.5 Å². The van der Waals surface area contributed by atoms with Gasteiger partial charge in [0.05, 0.1) is 33.8 Å². The quantitative estimate of drug-likeness (QED) is 0.0212. The molecule has 0 aliphatic rings. The van der Waals surface area contributed by atoms with Gasteiger partial charge in [0.2, 0.25) is 5.91 Å². The Morgan fingerprint density at radius 3 is 1.08 bits per heavy atom. The van der Waals surface area contributed by atoms with Crippen LogP contribution in [0, 0.1) is 0 Å². The van der Waals surface area contributed by atoms with Crippen LogP contribution in [0.4, 0.5) is 0 Å². The van der Waals surface area contributed by atoms with E-state index >= 15 is 0 Å². The largest absolute Gasteiger partial charge is 0.756 e. The average Bonchev–Trinajstić information content (AvgIpc) is 3.67. The van der Waals surface area contributed by atoms with Gasteiger partial charge in [-0.15, -0.1) is 0 Å². The number of likely N-dealkylation sites (N-methyl/N-ethyl adjacent to an activating group) is 1. The number of nitrogens with one attached hydrogen (secondary N) is 1. The van der Waals surface area contributed by atoms with E-state index in [1.807, 2.05) is 33.3 Å². The molecule has 3 atom stereocenters. The molecule has 0 spiro atoms. The number of amides is 1. The highest BCUT2D eigenvalue weighted by Crippen LogP contribution is 2.38. The number of carbonyl (C=O) groups is 2. The number of hydrogen-bond acceptors (Lipinski definition) is 7. The van der Waals surface area contributed by atoms with Gasteiger partial charge in [0.25, 0.3) is 7.82 Å². The van der Waals surface area contributed by atoms with Crippen LogP contribution in [0.1, 0.15) is 374 Å². The van der Waals surface area contributed by atoms with Crippen molar-refractivity contribution in [2.45, 2.75) is 386 Å². The lowest BCUT2D eigenvalue weighted by Crippen LogP contribution is -2.47. The summed E-state index contributed by atoms with van der Waals surface area (Å²) in [7, 11) is 1.20. The fourth-order valence-corrected chi connectivity index (χ4v) is 11.9. The van der Waals surface area contributed by atoms with Crippen molar-refractivity contribution in [3.63, 3.8) is 0 Å². The molecule has 0 radical (unpaired) electrons. The summed E-state index contributed by atoms with van der Waals surface area (Å²) in [5.74, 6) is -0.523. The Bertz CT molecular complexity index is 1610. The van der Waals surface area contributed by atoms with E-state index in [1.165, 1.54) is 276 Å². The van der Waals surface area contributed by atoms with Crippen molar-refractivity contribution in [1.29, 1.82) is 0 Å². The number of quaternary nitrogens is 1. The van der Waals surface area contributed by atoms with Gasteiger partial charge in [0, 0.05) is 12.8 Å². The van der Waals surface area contributed by atoms with E-state index in [4.69, 9.17) is 13.8 Å². The molecule has 0 saturated heterocycles. The molecule has 0 aliphatic carbocycles. The first-order valence-electron chi connectivity index (χ1n) is 37.4. The van der Waals surface area contributed by atoms with Gasteiger partial charge in [-0.3, -0.25) is 14.2 Å². The SMILES string of the molecule is CCCCC/C=C\C/C=C\CCCCCCCCCCCCCCCCCCCC(=O)NC(COP(=O)([O-])OCC[N+](C)(C)C)C(/C=C\CCCCCCCCCCCC)OC(=O)CCCCCCCCCCCCC/C=C/CCCCCCCC. The highest BCUT2D eigenvalue weighted by atomic mass is 31.2. The van der Waals surface area contributed by atoms with Gasteiger partial charge in [0.15, 0.2) is 0 Å². The minimum absolute atomic E-state index is 0.0203. The van der Waals surface area contributed by atoms with Gasteiger partial charge in [-0.1, -0.05) is 320 Å². The van der Waals surface area contributed by atoms with Crippen molar-refractivity contribution in [3.8, 4) is 0 Å². The number of unbranched alkanes of at least 4 members (excludes halogenated alkanes) is 47. The summed E-state index contributed by atoms with van der Waals surface area (Å²) in [6.07, 6.45) is 83.9. The summed E-state index contributed by atoms with van der Waals surface area (Å²) < 4.78 is 30.5. The number of phosphoric acid groups is 1. The van der Waals surface area contributed by atoms with Crippen molar-refractivity contribution in [3.05, 3.63) is 48.6 Å². The van der Waals surface area contributed by atoms with E-state index in [-0.39, 0.29) is 31.5 Å². The molecule has 9 nitrogen and oxygen atoms in total. The fourth-order valence-electron chi connectivity index (χ4n) is 11.2. The van der Waals surface area contributed by atoms with Crippen LogP contribution in [-0.2, 0) is 27.9 Å². The molecular weight excluding hydrogens is 1080 g/mol. The molecule has 3 unspecified atom stereocenters. The van der Waals surface area contributed by atoms with Crippen molar-refractivity contribution < 1.29 is 37.3 Å². The number of carbonyl (C=O) groups excluding carboxylic acids is 2. The van der Waals surface area contributed by atoms with E-state index in [1.54, 1.807) is 0 Å². The Kier molecular flexibility index (Phi) is 64.4. The summed E-state index contributed by atoms with van der Waals surface area (Å²) in [5.41, 5.74) is 0. The van der Waals surface area contributed by atoms with Gasteiger partial charge in [0.1, 0.15) is 19.3 Å². The first-order valence-corrected chi connectivity index (χ1v) is 38.9. The minimum atomic E-state index is -4.70. The first-order chi connectivity index (χ1) is 41.9. The molecule has 0 aliphatic heterocycles. The molecule has 0 rings (SSSR count). The molecule has 506 valence electrons. The Hall–Kier alpha value is -2.03. The molecule has 86 heavy (non-hydrogen) atoms. The number of phosphoric ester groups is 1. The normalized spacial score (nSPS) is 13.7. The molecule has 0 bridgehead atoms. The first kappa shape index (κ1) is 84.0. The maximum absolute atomic E-state index is 13.6. The lowest BCUT2D eigenvalue weighted by Gasteiger charge is -2.30. The maximum atomic E-state index is 13.6. The second-order valence-corrected chi connectivity index (χ2v) is 28.2. The van der Waals surface area contributed by atoms with Crippen LogP contribution in [0.15, 0.2) is 48.6 Å². The second kappa shape index (κ2) is 65.9. The number of esters is 1. The molecule has 0 heterocycles. The maximum Gasteiger partial charge on any atom is 0.306 e. The number of ether oxygens (including phenoxy) is 1. The molecule has 1 amide bonds. The summed E-state index contributed by atoms with van der Waals surface area (Å²) in [4.78, 5) is 40.2. The lowest BCUT2D eigenvalue weighted by molar-refractivity contribution is -0.870. The topological polar surface area (TPSA) is 114 Å². The zero-order valence-electron chi connectivity index (χ0n) is 58.0. The van der Waals surface area contributed by atoms with E-state index < -0.39 is 20.0 Å². The Morgan fingerprint density at radius 1 is 0.407 bits per heavy atom. The third-order valence-electron chi connectivity index (χ3n) is 17.0. The monoisotopic (exact) mass is 1230 g/mol.